The first-order valence-electron chi connectivity index (χ1n) is 3.22. The molecular formula is C7H12O3. The van der Waals surface area contributed by atoms with Gasteiger partial charge in [-0.05, 0) is 20.8 Å². The zero-order chi connectivity index (χ0) is 7.99. The lowest BCUT2D eigenvalue weighted by Gasteiger charge is -2.04. The fraction of sp³-hybridized carbons (Fsp3) is 0.857. The third-order valence-corrected chi connectivity index (χ3v) is 2.14. The Morgan fingerprint density at radius 3 is 1.90 bits per heavy atom. The van der Waals surface area contributed by atoms with Gasteiger partial charge in [0, 0.05) is 0 Å². The molecule has 0 bridgehead atoms. The van der Waals surface area contributed by atoms with Crippen molar-refractivity contribution in [3.05, 3.63) is 0 Å². The van der Waals surface area contributed by atoms with Gasteiger partial charge in [-0.2, -0.15) is 0 Å². The third kappa shape index (κ3) is 0.736. The Kier molecular flexibility index (Phi) is 1.30. The number of carbonyl (C=O) groups is 1. The summed E-state index contributed by atoms with van der Waals surface area (Å²) < 4.78 is 9.72. The van der Waals surface area contributed by atoms with Gasteiger partial charge >= 0.3 is 5.97 Å². The van der Waals surface area contributed by atoms with Gasteiger partial charge < -0.3 is 9.47 Å². The maximum atomic E-state index is 11.0. The number of epoxide rings is 1. The van der Waals surface area contributed by atoms with Crippen LogP contribution in [0.3, 0.4) is 0 Å². The SMILES string of the molecule is COC(=O)C1(C)OC1(C)C. The zero-order valence-corrected chi connectivity index (χ0v) is 6.72. The summed E-state index contributed by atoms with van der Waals surface area (Å²) in [5.74, 6) is -0.294. The Hall–Kier alpha value is -0.570. The van der Waals surface area contributed by atoms with Crippen molar-refractivity contribution >= 4 is 5.97 Å². The average Bonchev–Trinajstić information content (AvgIpc) is 2.32. The maximum absolute atomic E-state index is 11.0. The second-order valence-corrected chi connectivity index (χ2v) is 3.14. The smallest absolute Gasteiger partial charge is 0.340 e. The number of hydrogen-bond acceptors (Lipinski definition) is 3. The minimum atomic E-state index is -0.707. The van der Waals surface area contributed by atoms with Crippen molar-refractivity contribution in [2.45, 2.75) is 32.0 Å². The number of methoxy groups -OCH3 is 1. The number of hydrogen-bond donors (Lipinski definition) is 0. The second kappa shape index (κ2) is 1.72. The molecule has 1 heterocycles. The van der Waals surface area contributed by atoms with E-state index in [0.29, 0.717) is 0 Å². The first-order chi connectivity index (χ1) is 4.44. The molecule has 0 saturated carbocycles. The lowest BCUT2D eigenvalue weighted by atomic mass is 9.99. The molecule has 58 valence electrons. The van der Waals surface area contributed by atoms with Crippen LogP contribution in [0.5, 0.6) is 0 Å². The van der Waals surface area contributed by atoms with E-state index in [4.69, 9.17) is 4.74 Å². The summed E-state index contributed by atoms with van der Waals surface area (Å²) >= 11 is 0. The molecule has 0 spiro atoms. The molecule has 1 atom stereocenters. The Balaban J connectivity index is 2.68. The van der Waals surface area contributed by atoms with Crippen LogP contribution in [-0.4, -0.2) is 24.3 Å². The minimum absolute atomic E-state index is 0.294. The predicted octanol–water partition coefficient (Wildman–Crippen LogP) is 0.727. The van der Waals surface area contributed by atoms with Crippen LogP contribution in [0.1, 0.15) is 20.8 Å². The summed E-state index contributed by atoms with van der Waals surface area (Å²) in [7, 11) is 1.37. The van der Waals surface area contributed by atoms with Crippen LogP contribution in [0, 0.1) is 0 Å². The molecular weight excluding hydrogens is 132 g/mol. The predicted molar refractivity (Wildman–Crippen MR) is 35.6 cm³/mol. The van der Waals surface area contributed by atoms with E-state index in [-0.39, 0.29) is 11.6 Å². The molecule has 0 N–H and O–H groups in total. The number of esters is 1. The average molecular weight is 144 g/mol. The summed E-state index contributed by atoms with van der Waals surface area (Å²) in [6, 6.07) is 0. The topological polar surface area (TPSA) is 38.8 Å². The molecule has 1 rings (SSSR count). The number of rotatable bonds is 1. The largest absolute Gasteiger partial charge is 0.467 e. The molecule has 3 heteroatoms. The van der Waals surface area contributed by atoms with Gasteiger partial charge in [0.15, 0.2) is 5.60 Å². The van der Waals surface area contributed by atoms with Crippen molar-refractivity contribution in [2.75, 3.05) is 7.11 Å². The Morgan fingerprint density at radius 2 is 1.80 bits per heavy atom. The fourth-order valence-corrected chi connectivity index (χ4v) is 0.967. The van der Waals surface area contributed by atoms with Gasteiger partial charge in [0.1, 0.15) is 5.60 Å². The summed E-state index contributed by atoms with van der Waals surface area (Å²) in [5, 5.41) is 0. The molecule has 1 fully saturated rings. The highest BCUT2D eigenvalue weighted by atomic mass is 16.7. The van der Waals surface area contributed by atoms with E-state index in [1.165, 1.54) is 7.11 Å². The van der Waals surface area contributed by atoms with Gasteiger partial charge in [0.25, 0.3) is 0 Å². The van der Waals surface area contributed by atoms with E-state index in [1.54, 1.807) is 6.92 Å². The van der Waals surface area contributed by atoms with Crippen LogP contribution in [0.15, 0.2) is 0 Å². The van der Waals surface area contributed by atoms with Crippen LogP contribution in [0.25, 0.3) is 0 Å². The van der Waals surface area contributed by atoms with E-state index >= 15 is 0 Å². The van der Waals surface area contributed by atoms with Crippen molar-refractivity contribution in [3.63, 3.8) is 0 Å². The van der Waals surface area contributed by atoms with Gasteiger partial charge in [0.2, 0.25) is 0 Å². The van der Waals surface area contributed by atoms with Crippen molar-refractivity contribution in [3.8, 4) is 0 Å². The van der Waals surface area contributed by atoms with E-state index in [9.17, 15) is 4.79 Å². The third-order valence-electron chi connectivity index (χ3n) is 2.14. The molecule has 10 heavy (non-hydrogen) atoms. The van der Waals surface area contributed by atoms with Crippen LogP contribution < -0.4 is 0 Å². The van der Waals surface area contributed by atoms with Crippen LogP contribution in [-0.2, 0) is 14.3 Å². The number of carbonyl (C=O) groups excluding carboxylic acids is 1. The van der Waals surface area contributed by atoms with Crippen molar-refractivity contribution in [1.29, 1.82) is 0 Å². The van der Waals surface area contributed by atoms with Gasteiger partial charge in [-0.25, -0.2) is 4.79 Å². The maximum Gasteiger partial charge on any atom is 0.340 e. The van der Waals surface area contributed by atoms with E-state index < -0.39 is 5.60 Å². The molecule has 1 aliphatic heterocycles. The quantitative estimate of drug-likeness (QED) is 0.402. The van der Waals surface area contributed by atoms with Crippen LogP contribution in [0.2, 0.25) is 0 Å². The van der Waals surface area contributed by atoms with Crippen LogP contribution in [0.4, 0.5) is 0 Å². The minimum Gasteiger partial charge on any atom is -0.467 e. The molecule has 0 aromatic heterocycles. The lowest BCUT2D eigenvalue weighted by Crippen LogP contribution is -2.28. The Labute approximate surface area is 60.3 Å². The summed E-state index contributed by atoms with van der Waals surface area (Å²) in [5.41, 5.74) is -1.05. The highest BCUT2D eigenvalue weighted by molar-refractivity contribution is 5.83. The van der Waals surface area contributed by atoms with E-state index in [0.717, 1.165) is 0 Å². The van der Waals surface area contributed by atoms with Gasteiger partial charge in [-0.15, -0.1) is 0 Å². The first-order valence-corrected chi connectivity index (χ1v) is 3.22. The molecule has 3 nitrogen and oxygen atoms in total. The Bertz CT molecular complexity index is 174. The molecule has 1 saturated heterocycles. The molecule has 0 aliphatic carbocycles. The monoisotopic (exact) mass is 144 g/mol. The molecule has 1 aliphatic rings. The summed E-state index contributed by atoms with van der Waals surface area (Å²) in [6.45, 7) is 5.46. The molecule has 0 aromatic carbocycles. The van der Waals surface area contributed by atoms with Crippen LogP contribution >= 0.6 is 0 Å². The highest BCUT2D eigenvalue weighted by Gasteiger charge is 2.66. The van der Waals surface area contributed by atoms with Crippen molar-refractivity contribution < 1.29 is 14.3 Å². The summed E-state index contributed by atoms with van der Waals surface area (Å²) in [4.78, 5) is 11.0. The molecule has 0 amide bonds. The highest BCUT2D eigenvalue weighted by Crippen LogP contribution is 2.47. The first kappa shape index (κ1) is 7.54. The fourth-order valence-electron chi connectivity index (χ4n) is 0.967. The molecule has 0 aromatic rings. The normalized spacial score (nSPS) is 35.2. The number of ether oxygens (including phenoxy) is 2. The Morgan fingerprint density at radius 1 is 1.40 bits per heavy atom. The molecule has 1 unspecified atom stereocenters. The van der Waals surface area contributed by atoms with Gasteiger partial charge in [-0.3, -0.25) is 0 Å². The lowest BCUT2D eigenvalue weighted by molar-refractivity contribution is -0.146. The van der Waals surface area contributed by atoms with Gasteiger partial charge in [-0.1, -0.05) is 0 Å². The zero-order valence-electron chi connectivity index (χ0n) is 6.72. The summed E-state index contributed by atoms with van der Waals surface area (Å²) in [6.07, 6.45) is 0. The van der Waals surface area contributed by atoms with Crippen molar-refractivity contribution in [2.24, 2.45) is 0 Å². The second-order valence-electron chi connectivity index (χ2n) is 3.14. The standard InChI is InChI=1S/C7H12O3/c1-6(2)7(3,10-6)5(8)9-4/h1-4H3. The molecule has 0 radical (unpaired) electrons. The van der Waals surface area contributed by atoms with E-state index in [2.05, 4.69) is 4.74 Å². The van der Waals surface area contributed by atoms with Crippen molar-refractivity contribution in [1.82, 2.24) is 0 Å². The van der Waals surface area contributed by atoms with Gasteiger partial charge in [0.05, 0.1) is 7.11 Å². The van der Waals surface area contributed by atoms with E-state index in [1.807, 2.05) is 13.8 Å².